The van der Waals surface area contributed by atoms with Gasteiger partial charge in [0.1, 0.15) is 6.54 Å². The van der Waals surface area contributed by atoms with Crippen LogP contribution in [0.3, 0.4) is 0 Å². The van der Waals surface area contributed by atoms with Gasteiger partial charge in [-0.15, -0.1) is 0 Å². The monoisotopic (exact) mass is 619 g/mol. The zero-order valence-corrected chi connectivity index (χ0v) is 23.6. The van der Waals surface area contributed by atoms with Gasteiger partial charge in [0.25, 0.3) is 12.3 Å². The fraction of sp³-hybridized carbons (Fsp3) is 0.393. The molecule has 4 N–H and O–H groups in total. The number of amides is 2. The summed E-state index contributed by atoms with van der Waals surface area (Å²) >= 11 is 0. The van der Waals surface area contributed by atoms with Crippen LogP contribution in [0.25, 0.3) is 16.9 Å². The number of hydrogen-bond acceptors (Lipinski definition) is 7. The summed E-state index contributed by atoms with van der Waals surface area (Å²) in [4.78, 5) is 35.8. The number of aromatic nitrogens is 5. The maximum atomic E-state index is 13.7. The molecule has 0 spiro atoms. The third-order valence-electron chi connectivity index (χ3n) is 7.42. The lowest BCUT2D eigenvalue weighted by Gasteiger charge is -2.23. The minimum atomic E-state index is -4.89. The van der Waals surface area contributed by atoms with Crippen LogP contribution in [-0.4, -0.2) is 73.0 Å². The molecule has 0 saturated carbocycles. The standard InChI is InChI=1S/C28H30F5N9O2/c1-2-16-10-17(5-6-19(16)27(44)37-13-23(43)41-8-3-4-18(41)11-34)38-25-26-36-12-21(42(26)9-7-35-25)20-14-40(15-22(29)30)39-24(20)28(31,32)33/h5-7,9-10,12,14,18,22H,2-4,8,11,13,15,34H2,1H3,(H,35,38)(H,37,44). The van der Waals surface area contributed by atoms with Crippen molar-refractivity contribution in [3.05, 3.63) is 59.8 Å². The summed E-state index contributed by atoms with van der Waals surface area (Å²) in [7, 11) is 0. The van der Waals surface area contributed by atoms with Gasteiger partial charge in [-0.2, -0.15) is 18.3 Å². The third-order valence-corrected chi connectivity index (χ3v) is 7.42. The molecule has 2 amide bonds. The summed E-state index contributed by atoms with van der Waals surface area (Å²) in [5.41, 5.74) is 5.78. The Morgan fingerprint density at radius 3 is 2.70 bits per heavy atom. The third kappa shape index (κ3) is 6.34. The molecule has 16 heteroatoms. The molecular weight excluding hydrogens is 589 g/mol. The molecule has 0 radical (unpaired) electrons. The molecule has 1 unspecified atom stereocenters. The van der Waals surface area contributed by atoms with E-state index in [1.165, 1.54) is 23.0 Å². The molecule has 0 aliphatic carbocycles. The molecule has 1 atom stereocenters. The van der Waals surface area contributed by atoms with Crippen LogP contribution in [0.4, 0.5) is 33.5 Å². The Balaban J connectivity index is 1.36. The fourth-order valence-corrected chi connectivity index (χ4v) is 5.34. The van der Waals surface area contributed by atoms with Gasteiger partial charge >= 0.3 is 6.18 Å². The number of alkyl halides is 5. The van der Waals surface area contributed by atoms with Gasteiger partial charge in [0, 0.05) is 49.0 Å². The van der Waals surface area contributed by atoms with Crippen molar-refractivity contribution >= 4 is 29.0 Å². The van der Waals surface area contributed by atoms with Gasteiger partial charge in [-0.25, -0.2) is 18.7 Å². The molecule has 44 heavy (non-hydrogen) atoms. The Morgan fingerprint density at radius 2 is 2.00 bits per heavy atom. The van der Waals surface area contributed by atoms with Crippen LogP contribution in [0.15, 0.2) is 43.0 Å². The van der Waals surface area contributed by atoms with Crippen molar-refractivity contribution in [1.29, 1.82) is 0 Å². The Hall–Kier alpha value is -4.60. The second kappa shape index (κ2) is 12.6. The van der Waals surface area contributed by atoms with E-state index in [0.29, 0.717) is 41.0 Å². The lowest BCUT2D eigenvalue weighted by Crippen LogP contribution is -2.45. The molecule has 1 aliphatic heterocycles. The van der Waals surface area contributed by atoms with Crippen LogP contribution in [0.1, 0.15) is 41.4 Å². The van der Waals surface area contributed by atoms with E-state index in [1.54, 1.807) is 23.1 Å². The number of aryl methyl sites for hydroxylation is 1. The zero-order chi connectivity index (χ0) is 31.6. The molecule has 1 aromatic carbocycles. The number of halogens is 5. The van der Waals surface area contributed by atoms with Gasteiger partial charge in [-0.05, 0) is 43.0 Å². The van der Waals surface area contributed by atoms with E-state index in [1.807, 2.05) is 6.92 Å². The maximum absolute atomic E-state index is 13.7. The summed E-state index contributed by atoms with van der Waals surface area (Å²) in [5.74, 6) is -0.391. The van der Waals surface area contributed by atoms with E-state index >= 15 is 0 Å². The molecule has 5 rings (SSSR count). The second-order valence-corrected chi connectivity index (χ2v) is 10.3. The minimum absolute atomic E-state index is 0.0131. The van der Waals surface area contributed by atoms with Crippen molar-refractivity contribution in [3.63, 3.8) is 0 Å². The number of nitrogens with one attached hydrogen (secondary N) is 2. The average molecular weight is 620 g/mol. The molecule has 3 aromatic heterocycles. The van der Waals surface area contributed by atoms with Crippen LogP contribution in [0.2, 0.25) is 0 Å². The number of hydrogen-bond donors (Lipinski definition) is 3. The molecule has 1 saturated heterocycles. The van der Waals surface area contributed by atoms with Crippen LogP contribution in [0.5, 0.6) is 0 Å². The van der Waals surface area contributed by atoms with Crippen LogP contribution >= 0.6 is 0 Å². The number of carbonyl (C=O) groups excluding carboxylic acids is 2. The Labute approximate surface area is 248 Å². The van der Waals surface area contributed by atoms with Gasteiger partial charge in [0.05, 0.1) is 24.0 Å². The first-order chi connectivity index (χ1) is 21.0. The number of rotatable bonds is 10. The summed E-state index contributed by atoms with van der Waals surface area (Å²) in [6, 6.07) is 4.94. The van der Waals surface area contributed by atoms with Gasteiger partial charge < -0.3 is 21.3 Å². The minimum Gasteiger partial charge on any atom is -0.343 e. The maximum Gasteiger partial charge on any atom is 0.435 e. The van der Waals surface area contributed by atoms with Crippen molar-refractivity contribution in [2.45, 2.75) is 51.4 Å². The number of likely N-dealkylation sites (tertiary alicyclic amines) is 1. The van der Waals surface area contributed by atoms with E-state index in [4.69, 9.17) is 5.73 Å². The van der Waals surface area contributed by atoms with Crippen molar-refractivity contribution in [1.82, 2.24) is 34.4 Å². The first-order valence-corrected chi connectivity index (χ1v) is 13.9. The Kier molecular flexibility index (Phi) is 8.80. The first-order valence-electron chi connectivity index (χ1n) is 13.9. The SMILES string of the molecule is CCc1cc(Nc2nccn3c(-c4cn(CC(F)F)nc4C(F)(F)F)cnc23)ccc1C(=O)NCC(=O)N1CCCC1CN. The van der Waals surface area contributed by atoms with Crippen LogP contribution in [0, 0.1) is 0 Å². The normalized spacial score (nSPS) is 15.4. The largest absolute Gasteiger partial charge is 0.435 e. The molecule has 4 aromatic rings. The predicted octanol–water partition coefficient (Wildman–Crippen LogP) is 3.86. The highest BCUT2D eigenvalue weighted by Gasteiger charge is 2.38. The van der Waals surface area contributed by atoms with Crippen molar-refractivity contribution in [2.24, 2.45) is 5.73 Å². The Bertz CT molecular complexity index is 1670. The summed E-state index contributed by atoms with van der Waals surface area (Å²) in [6.07, 6.45) is -0.722. The molecule has 1 fully saturated rings. The van der Waals surface area contributed by atoms with Crippen LogP contribution < -0.4 is 16.4 Å². The zero-order valence-electron chi connectivity index (χ0n) is 23.6. The number of nitrogens with two attached hydrogens (primary N) is 1. The van der Waals surface area contributed by atoms with E-state index < -0.39 is 36.3 Å². The summed E-state index contributed by atoms with van der Waals surface area (Å²) < 4.78 is 68.9. The highest BCUT2D eigenvalue weighted by atomic mass is 19.4. The van der Waals surface area contributed by atoms with E-state index in [9.17, 15) is 31.5 Å². The number of carbonyl (C=O) groups is 2. The van der Waals surface area contributed by atoms with Crippen LogP contribution in [-0.2, 0) is 23.9 Å². The van der Waals surface area contributed by atoms with E-state index in [2.05, 4.69) is 25.7 Å². The van der Waals surface area contributed by atoms with Crippen molar-refractivity contribution < 1.29 is 31.5 Å². The number of anilines is 2. The van der Waals surface area contributed by atoms with Gasteiger partial charge in [-0.1, -0.05) is 6.92 Å². The summed E-state index contributed by atoms with van der Waals surface area (Å²) in [5, 5.41) is 9.12. The van der Waals surface area contributed by atoms with Gasteiger partial charge in [0.15, 0.2) is 17.2 Å². The highest BCUT2D eigenvalue weighted by Crippen LogP contribution is 2.37. The lowest BCUT2D eigenvalue weighted by molar-refractivity contribution is -0.141. The second-order valence-electron chi connectivity index (χ2n) is 10.3. The van der Waals surface area contributed by atoms with E-state index in [-0.39, 0.29) is 35.7 Å². The van der Waals surface area contributed by atoms with Crippen molar-refractivity contribution in [3.8, 4) is 11.3 Å². The predicted molar refractivity (Wildman–Crippen MR) is 150 cm³/mol. The highest BCUT2D eigenvalue weighted by molar-refractivity contribution is 5.98. The molecular formula is C28H30F5N9O2. The fourth-order valence-electron chi connectivity index (χ4n) is 5.34. The molecule has 0 bridgehead atoms. The number of fused-ring (bicyclic) bond motifs is 1. The smallest absolute Gasteiger partial charge is 0.343 e. The lowest BCUT2D eigenvalue weighted by atomic mass is 10.0. The average Bonchev–Trinajstić information content (AvgIpc) is 3.73. The van der Waals surface area contributed by atoms with Crippen molar-refractivity contribution in [2.75, 3.05) is 25.0 Å². The van der Waals surface area contributed by atoms with Gasteiger partial charge in [0.2, 0.25) is 5.91 Å². The molecule has 234 valence electrons. The molecule has 11 nitrogen and oxygen atoms in total. The number of nitrogens with zero attached hydrogens (tertiary/aromatic N) is 6. The van der Waals surface area contributed by atoms with Gasteiger partial charge in [-0.3, -0.25) is 18.7 Å². The topological polar surface area (TPSA) is 135 Å². The Morgan fingerprint density at radius 1 is 1.20 bits per heavy atom. The van der Waals surface area contributed by atoms with E-state index in [0.717, 1.165) is 19.0 Å². The molecule has 1 aliphatic rings. The number of imidazole rings is 1. The molecule has 4 heterocycles. The summed E-state index contributed by atoms with van der Waals surface area (Å²) in [6.45, 7) is 1.71. The quantitative estimate of drug-likeness (QED) is 0.230. The first kappa shape index (κ1) is 30.8. The number of benzene rings is 1.